The Kier molecular flexibility index (Phi) is 4.85. The van der Waals surface area contributed by atoms with Gasteiger partial charge < -0.3 is 14.6 Å². The van der Waals surface area contributed by atoms with Gasteiger partial charge in [-0.1, -0.05) is 0 Å². The van der Waals surface area contributed by atoms with E-state index in [4.69, 9.17) is 0 Å². The van der Waals surface area contributed by atoms with E-state index in [1.807, 2.05) is 35.4 Å². The van der Waals surface area contributed by atoms with Crippen LogP contribution in [0, 0.1) is 0 Å². The maximum absolute atomic E-state index is 12.8. The standard InChI is InChI=1S/C18H23N3O3/c1-13-12-20(8-6-17(22)24-2)9-10-21(13)18(23)15-3-4-16-14(11-15)5-7-19-16/h3-5,7,11,13,19H,6,8-10,12H2,1-2H3/t13-/m1/s1. The highest BCUT2D eigenvalue weighted by atomic mass is 16.5. The van der Waals surface area contributed by atoms with E-state index >= 15 is 0 Å². The summed E-state index contributed by atoms with van der Waals surface area (Å²) in [5, 5.41) is 1.05. The molecule has 3 rings (SSSR count). The number of carbonyl (C=O) groups excluding carboxylic acids is 2. The predicted molar refractivity (Wildman–Crippen MR) is 91.9 cm³/mol. The van der Waals surface area contributed by atoms with Gasteiger partial charge >= 0.3 is 5.97 Å². The average molecular weight is 329 g/mol. The second-order valence-corrected chi connectivity index (χ2v) is 6.25. The molecule has 1 aliphatic heterocycles. The number of H-pyrrole nitrogens is 1. The summed E-state index contributed by atoms with van der Waals surface area (Å²) in [7, 11) is 1.41. The zero-order valence-electron chi connectivity index (χ0n) is 14.1. The van der Waals surface area contributed by atoms with Crippen LogP contribution in [0.4, 0.5) is 0 Å². The number of methoxy groups -OCH3 is 1. The van der Waals surface area contributed by atoms with E-state index in [1.165, 1.54) is 7.11 Å². The molecule has 1 fully saturated rings. The van der Waals surface area contributed by atoms with Gasteiger partial charge in [0.25, 0.3) is 5.91 Å². The molecule has 1 aromatic carbocycles. The van der Waals surface area contributed by atoms with E-state index in [0.29, 0.717) is 19.5 Å². The molecule has 0 bridgehead atoms. The summed E-state index contributed by atoms with van der Waals surface area (Å²) in [6, 6.07) is 7.84. The highest BCUT2D eigenvalue weighted by molar-refractivity contribution is 5.98. The van der Waals surface area contributed by atoms with E-state index < -0.39 is 0 Å². The van der Waals surface area contributed by atoms with Crippen LogP contribution in [-0.2, 0) is 9.53 Å². The van der Waals surface area contributed by atoms with Gasteiger partial charge in [0, 0.05) is 54.9 Å². The van der Waals surface area contributed by atoms with Crippen molar-refractivity contribution in [1.82, 2.24) is 14.8 Å². The summed E-state index contributed by atoms with van der Waals surface area (Å²) in [6.45, 7) is 4.95. The predicted octanol–water partition coefficient (Wildman–Crippen LogP) is 1.88. The normalized spacial score (nSPS) is 18.8. The number of aromatic nitrogens is 1. The van der Waals surface area contributed by atoms with Crippen molar-refractivity contribution in [2.45, 2.75) is 19.4 Å². The highest BCUT2D eigenvalue weighted by Gasteiger charge is 2.28. The first-order valence-corrected chi connectivity index (χ1v) is 8.26. The molecule has 2 heterocycles. The minimum Gasteiger partial charge on any atom is -0.469 e. The Morgan fingerprint density at radius 3 is 2.88 bits per heavy atom. The number of amides is 1. The summed E-state index contributed by atoms with van der Waals surface area (Å²) in [5.41, 5.74) is 1.75. The molecule has 1 saturated heterocycles. The van der Waals surface area contributed by atoms with Crippen molar-refractivity contribution in [1.29, 1.82) is 0 Å². The Balaban J connectivity index is 1.63. The fourth-order valence-corrected chi connectivity index (χ4v) is 3.24. The molecule has 0 aliphatic carbocycles. The first kappa shape index (κ1) is 16.5. The first-order chi connectivity index (χ1) is 11.6. The third-order valence-electron chi connectivity index (χ3n) is 4.63. The average Bonchev–Trinajstić information content (AvgIpc) is 3.06. The number of aromatic amines is 1. The van der Waals surface area contributed by atoms with Gasteiger partial charge in [0.15, 0.2) is 0 Å². The first-order valence-electron chi connectivity index (χ1n) is 8.26. The smallest absolute Gasteiger partial charge is 0.306 e. The lowest BCUT2D eigenvalue weighted by atomic mass is 10.1. The third-order valence-corrected chi connectivity index (χ3v) is 4.63. The Morgan fingerprint density at radius 1 is 1.29 bits per heavy atom. The summed E-state index contributed by atoms with van der Waals surface area (Å²) >= 11 is 0. The minimum atomic E-state index is -0.194. The molecule has 0 spiro atoms. The van der Waals surface area contributed by atoms with Crippen molar-refractivity contribution < 1.29 is 14.3 Å². The maximum Gasteiger partial charge on any atom is 0.306 e. The monoisotopic (exact) mass is 329 g/mol. The minimum absolute atomic E-state index is 0.0678. The van der Waals surface area contributed by atoms with Gasteiger partial charge in [-0.25, -0.2) is 0 Å². The number of hydrogen-bond donors (Lipinski definition) is 1. The van der Waals surface area contributed by atoms with Crippen LogP contribution in [0.5, 0.6) is 0 Å². The molecule has 0 unspecified atom stereocenters. The number of nitrogens with zero attached hydrogens (tertiary/aromatic N) is 2. The number of piperazine rings is 1. The van der Waals surface area contributed by atoms with Crippen LogP contribution >= 0.6 is 0 Å². The Morgan fingerprint density at radius 2 is 2.12 bits per heavy atom. The Hall–Kier alpha value is -2.34. The lowest BCUT2D eigenvalue weighted by Gasteiger charge is -2.39. The Bertz CT molecular complexity index is 740. The zero-order chi connectivity index (χ0) is 17.1. The molecule has 0 saturated carbocycles. The fourth-order valence-electron chi connectivity index (χ4n) is 3.24. The molecule has 1 N–H and O–H groups in total. The van der Waals surface area contributed by atoms with Gasteiger partial charge in [-0.2, -0.15) is 0 Å². The maximum atomic E-state index is 12.8. The number of fused-ring (bicyclic) bond motifs is 1. The zero-order valence-corrected chi connectivity index (χ0v) is 14.1. The topological polar surface area (TPSA) is 65.6 Å². The van der Waals surface area contributed by atoms with Crippen molar-refractivity contribution in [3.8, 4) is 0 Å². The molecule has 6 nitrogen and oxygen atoms in total. The molecule has 1 aromatic heterocycles. The molecule has 1 atom stereocenters. The number of rotatable bonds is 4. The number of ether oxygens (including phenoxy) is 1. The van der Waals surface area contributed by atoms with Crippen LogP contribution in [0.15, 0.2) is 30.5 Å². The van der Waals surface area contributed by atoms with Crippen LogP contribution in [0.1, 0.15) is 23.7 Å². The highest BCUT2D eigenvalue weighted by Crippen LogP contribution is 2.18. The van der Waals surface area contributed by atoms with Gasteiger partial charge in [0.1, 0.15) is 0 Å². The van der Waals surface area contributed by atoms with E-state index in [-0.39, 0.29) is 17.9 Å². The Labute approximate surface area is 141 Å². The number of carbonyl (C=O) groups is 2. The van der Waals surface area contributed by atoms with E-state index in [1.54, 1.807) is 0 Å². The quantitative estimate of drug-likeness (QED) is 0.870. The molecule has 128 valence electrons. The fraction of sp³-hybridized carbons (Fsp3) is 0.444. The van der Waals surface area contributed by atoms with Crippen molar-refractivity contribution in [3.63, 3.8) is 0 Å². The number of esters is 1. The number of nitrogens with one attached hydrogen (secondary N) is 1. The van der Waals surface area contributed by atoms with Gasteiger partial charge in [-0.05, 0) is 31.2 Å². The summed E-state index contributed by atoms with van der Waals surface area (Å²) in [4.78, 5) is 31.3. The van der Waals surface area contributed by atoms with Gasteiger partial charge in [-0.15, -0.1) is 0 Å². The third kappa shape index (κ3) is 3.43. The van der Waals surface area contributed by atoms with Crippen molar-refractivity contribution in [2.24, 2.45) is 0 Å². The van der Waals surface area contributed by atoms with Crippen LogP contribution in [-0.4, -0.2) is 66.0 Å². The molecule has 0 radical (unpaired) electrons. The summed E-state index contributed by atoms with van der Waals surface area (Å²) in [5.74, 6) is -0.126. The summed E-state index contributed by atoms with van der Waals surface area (Å²) < 4.78 is 4.68. The van der Waals surface area contributed by atoms with Crippen molar-refractivity contribution in [3.05, 3.63) is 36.0 Å². The van der Waals surface area contributed by atoms with E-state index in [2.05, 4.69) is 21.5 Å². The molecular weight excluding hydrogens is 306 g/mol. The molecule has 24 heavy (non-hydrogen) atoms. The lowest BCUT2D eigenvalue weighted by molar-refractivity contribution is -0.141. The van der Waals surface area contributed by atoms with Crippen molar-refractivity contribution >= 4 is 22.8 Å². The summed E-state index contributed by atoms with van der Waals surface area (Å²) in [6.07, 6.45) is 2.27. The second kappa shape index (κ2) is 7.05. The SMILES string of the molecule is COC(=O)CCN1CCN(C(=O)c2ccc3[nH]ccc3c2)[C@H](C)C1. The largest absolute Gasteiger partial charge is 0.469 e. The van der Waals surface area contributed by atoms with Crippen LogP contribution in [0.2, 0.25) is 0 Å². The lowest BCUT2D eigenvalue weighted by Crippen LogP contribution is -2.54. The van der Waals surface area contributed by atoms with Crippen LogP contribution < -0.4 is 0 Å². The molecule has 2 aromatic rings. The van der Waals surface area contributed by atoms with Gasteiger partial charge in [0.2, 0.25) is 0 Å². The molecule has 1 aliphatic rings. The van der Waals surface area contributed by atoms with Gasteiger partial charge in [-0.3, -0.25) is 14.5 Å². The molecule has 1 amide bonds. The molecular formula is C18H23N3O3. The van der Waals surface area contributed by atoms with E-state index in [0.717, 1.165) is 29.6 Å². The van der Waals surface area contributed by atoms with Gasteiger partial charge in [0.05, 0.1) is 13.5 Å². The second-order valence-electron chi connectivity index (χ2n) is 6.25. The van der Waals surface area contributed by atoms with E-state index in [9.17, 15) is 9.59 Å². The number of benzene rings is 1. The van der Waals surface area contributed by atoms with Crippen LogP contribution in [0.3, 0.4) is 0 Å². The van der Waals surface area contributed by atoms with Crippen molar-refractivity contribution in [2.75, 3.05) is 33.3 Å². The van der Waals surface area contributed by atoms with Crippen LogP contribution in [0.25, 0.3) is 10.9 Å². The number of hydrogen-bond acceptors (Lipinski definition) is 4. The molecule has 6 heteroatoms.